The van der Waals surface area contributed by atoms with Crippen LogP contribution >= 0.6 is 11.8 Å². The number of fused-ring (bicyclic) bond motifs is 1. The predicted molar refractivity (Wildman–Crippen MR) is 126 cm³/mol. The molecule has 0 spiro atoms. The summed E-state index contributed by atoms with van der Waals surface area (Å²) in [5.41, 5.74) is 3.53. The Morgan fingerprint density at radius 3 is 2.73 bits per heavy atom. The van der Waals surface area contributed by atoms with Crippen LogP contribution in [0.2, 0.25) is 0 Å². The monoisotopic (exact) mass is 459 g/mol. The molecule has 1 aliphatic heterocycles. The van der Waals surface area contributed by atoms with Gasteiger partial charge in [0.05, 0.1) is 11.4 Å². The molecule has 0 bridgehead atoms. The Balaban J connectivity index is 1.37. The Labute approximate surface area is 195 Å². The van der Waals surface area contributed by atoms with Crippen LogP contribution < -0.4 is 14.8 Å². The smallest absolute Gasteiger partial charge is 0.234 e. The lowest BCUT2D eigenvalue weighted by atomic mass is 10.2. The number of anilines is 1. The van der Waals surface area contributed by atoms with Crippen LogP contribution in [0, 0.1) is 6.92 Å². The molecule has 9 heteroatoms. The number of aryl methyl sites for hydroxylation is 1. The lowest BCUT2D eigenvalue weighted by Crippen LogP contribution is -2.17. The van der Waals surface area contributed by atoms with Crippen LogP contribution in [0.15, 0.2) is 72.1 Å². The fraction of sp³-hybridized carbons (Fsp3) is 0.167. The van der Waals surface area contributed by atoms with E-state index in [-0.39, 0.29) is 11.7 Å². The highest BCUT2D eigenvalue weighted by Crippen LogP contribution is 2.33. The zero-order valence-corrected chi connectivity index (χ0v) is 18.7. The van der Waals surface area contributed by atoms with Crippen molar-refractivity contribution in [3.63, 3.8) is 0 Å². The molecular formula is C24H21N5O3S. The van der Waals surface area contributed by atoms with Crippen LogP contribution in [-0.4, -0.2) is 44.6 Å². The van der Waals surface area contributed by atoms with E-state index in [1.807, 2.05) is 47.9 Å². The van der Waals surface area contributed by atoms with Gasteiger partial charge in [-0.05, 0) is 42.8 Å². The molecule has 166 valence electrons. The van der Waals surface area contributed by atoms with E-state index in [4.69, 9.17) is 9.47 Å². The molecule has 8 nitrogen and oxygen atoms in total. The van der Waals surface area contributed by atoms with Crippen molar-refractivity contribution >= 4 is 23.4 Å². The predicted octanol–water partition coefficient (Wildman–Crippen LogP) is 4.14. The first kappa shape index (κ1) is 21.0. The lowest BCUT2D eigenvalue weighted by Gasteiger charge is -2.19. The summed E-state index contributed by atoms with van der Waals surface area (Å²) in [6.45, 7) is 3.05. The van der Waals surface area contributed by atoms with Crippen molar-refractivity contribution in [1.29, 1.82) is 0 Å². The third-order valence-electron chi connectivity index (χ3n) is 5.07. The van der Waals surface area contributed by atoms with Crippen molar-refractivity contribution in [2.24, 2.45) is 0 Å². The molecule has 0 radical (unpaired) electrons. The van der Waals surface area contributed by atoms with Gasteiger partial charge in [-0.25, -0.2) is 0 Å². The second-order valence-corrected chi connectivity index (χ2v) is 8.31. The molecule has 0 unspecified atom stereocenters. The van der Waals surface area contributed by atoms with Gasteiger partial charge in [-0.15, -0.1) is 10.2 Å². The molecule has 1 aliphatic rings. The van der Waals surface area contributed by atoms with Crippen LogP contribution in [0.3, 0.4) is 0 Å². The van der Waals surface area contributed by atoms with Gasteiger partial charge >= 0.3 is 0 Å². The third-order valence-corrected chi connectivity index (χ3v) is 6.00. The van der Waals surface area contributed by atoms with E-state index < -0.39 is 0 Å². The summed E-state index contributed by atoms with van der Waals surface area (Å²) in [4.78, 5) is 16.9. The van der Waals surface area contributed by atoms with Gasteiger partial charge in [-0.2, -0.15) is 0 Å². The molecule has 0 saturated heterocycles. The fourth-order valence-corrected chi connectivity index (χ4v) is 4.27. The van der Waals surface area contributed by atoms with Crippen LogP contribution in [0.5, 0.6) is 11.5 Å². The van der Waals surface area contributed by atoms with E-state index in [0.29, 0.717) is 41.4 Å². The number of amides is 1. The molecule has 1 N–H and O–H groups in total. The van der Waals surface area contributed by atoms with E-state index in [1.165, 1.54) is 11.8 Å². The van der Waals surface area contributed by atoms with Crippen LogP contribution in [0.25, 0.3) is 17.1 Å². The second-order valence-electron chi connectivity index (χ2n) is 7.37. The Kier molecular flexibility index (Phi) is 5.95. The first-order valence-electron chi connectivity index (χ1n) is 10.4. The first-order chi connectivity index (χ1) is 16.2. The van der Waals surface area contributed by atoms with Crippen molar-refractivity contribution in [3.05, 3.63) is 72.6 Å². The molecule has 4 aromatic rings. The van der Waals surface area contributed by atoms with Gasteiger partial charge < -0.3 is 14.8 Å². The zero-order valence-electron chi connectivity index (χ0n) is 17.9. The molecular weight excluding hydrogens is 438 g/mol. The quantitative estimate of drug-likeness (QED) is 0.433. The highest BCUT2D eigenvalue weighted by Gasteiger charge is 2.19. The highest BCUT2D eigenvalue weighted by molar-refractivity contribution is 7.99. The van der Waals surface area contributed by atoms with Gasteiger partial charge in [0.15, 0.2) is 22.5 Å². The number of para-hydroxylation sites is 1. The molecule has 1 amide bonds. The number of carbonyl (C=O) groups is 1. The van der Waals surface area contributed by atoms with Crippen LogP contribution in [0.1, 0.15) is 5.56 Å². The topological polar surface area (TPSA) is 91.2 Å². The Morgan fingerprint density at radius 1 is 1.06 bits per heavy atom. The molecule has 5 rings (SSSR count). The summed E-state index contributed by atoms with van der Waals surface area (Å²) in [6, 6.07) is 17.2. The van der Waals surface area contributed by atoms with Crippen molar-refractivity contribution < 1.29 is 14.3 Å². The fourth-order valence-electron chi connectivity index (χ4n) is 3.53. The summed E-state index contributed by atoms with van der Waals surface area (Å²) in [6.07, 6.45) is 3.47. The Hall–Kier alpha value is -3.85. The molecule has 33 heavy (non-hydrogen) atoms. The molecule has 2 aromatic carbocycles. The summed E-state index contributed by atoms with van der Waals surface area (Å²) in [5, 5.41) is 12.3. The van der Waals surface area contributed by atoms with Crippen molar-refractivity contribution in [1.82, 2.24) is 19.7 Å². The van der Waals surface area contributed by atoms with Gasteiger partial charge in [0.25, 0.3) is 0 Å². The number of hydrogen-bond acceptors (Lipinski definition) is 7. The third kappa shape index (κ3) is 4.54. The number of aromatic nitrogens is 4. The largest absolute Gasteiger partial charge is 0.486 e. The van der Waals surface area contributed by atoms with E-state index in [1.54, 1.807) is 30.6 Å². The minimum atomic E-state index is -0.154. The van der Waals surface area contributed by atoms with Crippen LogP contribution in [-0.2, 0) is 4.79 Å². The van der Waals surface area contributed by atoms with Gasteiger partial charge in [0.2, 0.25) is 5.91 Å². The minimum absolute atomic E-state index is 0.154. The SMILES string of the molecule is Cc1ccccc1-n1c(SCC(=O)Nc2ccc3c(c2)OCCO3)nnc1-c1cccnc1. The van der Waals surface area contributed by atoms with E-state index in [2.05, 4.69) is 20.5 Å². The number of pyridine rings is 1. The van der Waals surface area contributed by atoms with Gasteiger partial charge in [-0.3, -0.25) is 14.3 Å². The Morgan fingerprint density at radius 2 is 1.91 bits per heavy atom. The first-order valence-corrected chi connectivity index (χ1v) is 11.4. The number of thioether (sulfide) groups is 1. The molecule has 0 atom stereocenters. The van der Waals surface area contributed by atoms with Gasteiger partial charge in [0.1, 0.15) is 13.2 Å². The van der Waals surface area contributed by atoms with E-state index in [9.17, 15) is 4.79 Å². The highest BCUT2D eigenvalue weighted by atomic mass is 32.2. The maximum Gasteiger partial charge on any atom is 0.234 e. The zero-order chi connectivity index (χ0) is 22.6. The summed E-state index contributed by atoms with van der Waals surface area (Å²) < 4.78 is 13.1. The summed E-state index contributed by atoms with van der Waals surface area (Å²) in [7, 11) is 0. The molecule has 3 heterocycles. The van der Waals surface area contributed by atoms with E-state index in [0.717, 1.165) is 16.8 Å². The Bertz CT molecular complexity index is 1290. The number of hydrogen-bond donors (Lipinski definition) is 1. The van der Waals surface area contributed by atoms with Crippen molar-refractivity contribution in [2.45, 2.75) is 12.1 Å². The molecule has 0 saturated carbocycles. The van der Waals surface area contributed by atoms with Crippen molar-refractivity contribution in [2.75, 3.05) is 24.3 Å². The average Bonchev–Trinajstić information content (AvgIpc) is 3.27. The number of nitrogens with one attached hydrogen (secondary N) is 1. The van der Waals surface area contributed by atoms with E-state index >= 15 is 0 Å². The summed E-state index contributed by atoms with van der Waals surface area (Å²) in [5.74, 6) is 2.01. The number of ether oxygens (including phenoxy) is 2. The molecule has 0 aliphatic carbocycles. The van der Waals surface area contributed by atoms with Gasteiger partial charge in [-0.1, -0.05) is 30.0 Å². The average molecular weight is 460 g/mol. The van der Waals surface area contributed by atoms with Gasteiger partial charge in [0, 0.05) is 29.7 Å². The number of nitrogens with zero attached hydrogens (tertiary/aromatic N) is 4. The second kappa shape index (κ2) is 9.33. The summed E-state index contributed by atoms with van der Waals surface area (Å²) >= 11 is 1.32. The lowest BCUT2D eigenvalue weighted by molar-refractivity contribution is -0.113. The number of rotatable bonds is 6. The molecule has 2 aromatic heterocycles. The maximum absolute atomic E-state index is 12.7. The number of carbonyl (C=O) groups excluding carboxylic acids is 1. The normalized spacial score (nSPS) is 12.4. The minimum Gasteiger partial charge on any atom is -0.486 e. The number of benzene rings is 2. The standard InChI is InChI=1S/C24H21N5O3S/c1-16-5-2-3-7-19(16)29-23(17-6-4-10-25-14-17)27-28-24(29)33-15-22(30)26-18-8-9-20-21(13-18)32-12-11-31-20/h2-10,13-14H,11-12,15H2,1H3,(H,26,30). The van der Waals surface area contributed by atoms with Crippen molar-refractivity contribution in [3.8, 4) is 28.6 Å². The maximum atomic E-state index is 12.7. The molecule has 0 fully saturated rings. The van der Waals surface area contributed by atoms with Crippen LogP contribution in [0.4, 0.5) is 5.69 Å².